The Morgan fingerprint density at radius 3 is 2.59 bits per heavy atom. The number of fused-ring (bicyclic) bond motifs is 1. The second-order valence-corrected chi connectivity index (χ2v) is 6.30. The van der Waals surface area contributed by atoms with Gasteiger partial charge in [-0.1, -0.05) is 11.6 Å². The zero-order valence-corrected chi connectivity index (χ0v) is 13.1. The fraction of sp³-hybridized carbons (Fsp3) is 0.471. The van der Waals surface area contributed by atoms with Crippen molar-refractivity contribution in [2.75, 3.05) is 13.1 Å². The second-order valence-electron chi connectivity index (χ2n) is 6.30. The van der Waals surface area contributed by atoms with E-state index in [2.05, 4.69) is 13.8 Å². The molecule has 2 atom stereocenters. The number of rotatable bonds is 2. The molecule has 1 aliphatic heterocycles. The van der Waals surface area contributed by atoms with Gasteiger partial charge in [-0.2, -0.15) is 0 Å². The number of aryl methyl sites for hydroxylation is 1. The molecule has 5 heteroatoms. The van der Waals surface area contributed by atoms with E-state index in [-0.39, 0.29) is 23.6 Å². The van der Waals surface area contributed by atoms with Crippen molar-refractivity contribution in [1.82, 2.24) is 0 Å². The summed E-state index contributed by atoms with van der Waals surface area (Å²) in [4.78, 5) is 13.1. The highest BCUT2D eigenvalue weighted by atomic mass is 16.5. The van der Waals surface area contributed by atoms with Crippen LogP contribution in [0.25, 0.3) is 11.0 Å². The van der Waals surface area contributed by atoms with E-state index in [1.165, 1.54) is 11.0 Å². The monoisotopic (exact) mass is 303 g/mol. The molecule has 2 unspecified atom stereocenters. The fourth-order valence-corrected chi connectivity index (χ4v) is 3.30. The third-order valence-electron chi connectivity index (χ3n) is 4.18. The van der Waals surface area contributed by atoms with Crippen LogP contribution < -0.4 is 15.6 Å². The highest BCUT2D eigenvalue weighted by molar-refractivity contribution is 5.82. The SMILES string of the molecule is Cc1cc2oc(=O)cc(C[NH+]3CC(C)OC(C)C3)c2cc1[O-]. The number of quaternary nitrogens is 1. The first-order chi connectivity index (χ1) is 10.4. The molecule has 1 aliphatic rings. The largest absolute Gasteiger partial charge is 0.872 e. The van der Waals surface area contributed by atoms with E-state index in [9.17, 15) is 9.90 Å². The number of hydrogen-bond donors (Lipinski definition) is 1. The van der Waals surface area contributed by atoms with Crippen molar-refractivity contribution in [3.8, 4) is 5.75 Å². The number of nitrogens with one attached hydrogen (secondary N) is 1. The van der Waals surface area contributed by atoms with Crippen molar-refractivity contribution in [2.45, 2.75) is 39.5 Å². The van der Waals surface area contributed by atoms with Crippen LogP contribution in [0.4, 0.5) is 0 Å². The molecule has 0 bridgehead atoms. The first-order valence-electron chi connectivity index (χ1n) is 7.66. The lowest BCUT2D eigenvalue weighted by Crippen LogP contribution is -3.14. The molecule has 0 radical (unpaired) electrons. The molecule has 0 spiro atoms. The smallest absolute Gasteiger partial charge is 0.336 e. The highest BCUT2D eigenvalue weighted by Gasteiger charge is 2.26. The lowest BCUT2D eigenvalue weighted by molar-refractivity contribution is -0.928. The molecule has 2 aromatic rings. The molecule has 22 heavy (non-hydrogen) atoms. The average molecular weight is 303 g/mol. The maximum Gasteiger partial charge on any atom is 0.336 e. The fourth-order valence-electron chi connectivity index (χ4n) is 3.30. The van der Waals surface area contributed by atoms with E-state index < -0.39 is 0 Å². The summed E-state index contributed by atoms with van der Waals surface area (Å²) >= 11 is 0. The normalized spacial score (nSPS) is 25.5. The maximum atomic E-state index is 11.9. The molecular formula is C17H21NO4. The van der Waals surface area contributed by atoms with Crippen molar-refractivity contribution in [3.63, 3.8) is 0 Å². The first-order valence-corrected chi connectivity index (χ1v) is 7.66. The van der Waals surface area contributed by atoms with Gasteiger partial charge in [-0.05, 0) is 26.8 Å². The summed E-state index contributed by atoms with van der Waals surface area (Å²) < 4.78 is 11.0. The second kappa shape index (κ2) is 5.74. The molecule has 0 saturated carbocycles. The Kier molecular flexibility index (Phi) is 3.93. The summed E-state index contributed by atoms with van der Waals surface area (Å²) in [7, 11) is 0. The maximum absolute atomic E-state index is 11.9. The zero-order chi connectivity index (χ0) is 15.9. The number of ether oxygens (including phenoxy) is 1. The first kappa shape index (κ1) is 15.1. The lowest BCUT2D eigenvalue weighted by atomic mass is 10.1. The summed E-state index contributed by atoms with van der Waals surface area (Å²) in [5.41, 5.74) is 1.59. The Morgan fingerprint density at radius 1 is 1.23 bits per heavy atom. The topological polar surface area (TPSA) is 66.9 Å². The Hall–Kier alpha value is -1.85. The van der Waals surface area contributed by atoms with Gasteiger partial charge in [0.05, 0.1) is 0 Å². The van der Waals surface area contributed by atoms with E-state index in [4.69, 9.17) is 9.15 Å². The Labute approximate surface area is 129 Å². The van der Waals surface area contributed by atoms with Crippen LogP contribution in [-0.4, -0.2) is 25.3 Å². The predicted octanol–water partition coefficient (Wildman–Crippen LogP) is 0.367. The van der Waals surface area contributed by atoms with E-state index in [0.29, 0.717) is 17.7 Å². The van der Waals surface area contributed by atoms with Crippen LogP contribution >= 0.6 is 0 Å². The quantitative estimate of drug-likeness (QED) is 0.814. The molecule has 0 aliphatic carbocycles. The van der Waals surface area contributed by atoms with Gasteiger partial charge >= 0.3 is 5.63 Å². The van der Waals surface area contributed by atoms with Gasteiger partial charge in [-0.3, -0.25) is 0 Å². The summed E-state index contributed by atoms with van der Waals surface area (Å²) in [6.45, 7) is 8.33. The molecule has 1 fully saturated rings. The third-order valence-corrected chi connectivity index (χ3v) is 4.18. The van der Waals surface area contributed by atoms with Crippen molar-refractivity contribution in [3.05, 3.63) is 39.7 Å². The molecule has 1 N–H and O–H groups in total. The molecule has 5 nitrogen and oxygen atoms in total. The minimum Gasteiger partial charge on any atom is -0.872 e. The van der Waals surface area contributed by atoms with Gasteiger partial charge in [0.25, 0.3) is 0 Å². The average Bonchev–Trinajstić information content (AvgIpc) is 2.39. The van der Waals surface area contributed by atoms with Crippen LogP contribution in [0.5, 0.6) is 5.75 Å². The van der Waals surface area contributed by atoms with Crippen LogP contribution in [0, 0.1) is 6.92 Å². The minimum atomic E-state index is -0.366. The molecule has 1 saturated heterocycles. The molecule has 3 rings (SSSR count). The van der Waals surface area contributed by atoms with Gasteiger partial charge in [-0.15, -0.1) is 5.75 Å². The van der Waals surface area contributed by atoms with E-state index in [1.807, 2.05) is 0 Å². The molecule has 2 heterocycles. The lowest BCUT2D eigenvalue weighted by Gasteiger charge is -2.32. The van der Waals surface area contributed by atoms with Gasteiger partial charge in [-0.25, -0.2) is 4.79 Å². The highest BCUT2D eigenvalue weighted by Crippen LogP contribution is 2.24. The number of morpholine rings is 1. The van der Waals surface area contributed by atoms with Crippen LogP contribution in [-0.2, 0) is 11.3 Å². The van der Waals surface area contributed by atoms with Crippen molar-refractivity contribution in [1.29, 1.82) is 0 Å². The van der Waals surface area contributed by atoms with Crippen LogP contribution in [0.3, 0.4) is 0 Å². The summed E-state index contributed by atoms with van der Waals surface area (Å²) in [6.07, 6.45) is 0.393. The number of hydrogen-bond acceptors (Lipinski definition) is 4. The molecular weight excluding hydrogens is 282 g/mol. The Morgan fingerprint density at radius 2 is 1.91 bits per heavy atom. The van der Waals surface area contributed by atoms with E-state index in [1.54, 1.807) is 19.1 Å². The van der Waals surface area contributed by atoms with Crippen molar-refractivity contribution < 1.29 is 19.2 Å². The van der Waals surface area contributed by atoms with E-state index in [0.717, 1.165) is 24.0 Å². The van der Waals surface area contributed by atoms with Crippen molar-refractivity contribution in [2.24, 2.45) is 0 Å². The summed E-state index contributed by atoms with van der Waals surface area (Å²) in [6, 6.07) is 4.74. The van der Waals surface area contributed by atoms with Gasteiger partial charge in [0.2, 0.25) is 0 Å². The Balaban J connectivity index is 1.99. The standard InChI is InChI=1S/C17H21NO4/c1-10-4-16-14(6-15(10)19)13(5-17(20)22-16)9-18-7-11(2)21-12(3)8-18/h4-6,11-12,19H,7-9H2,1-3H3. The predicted molar refractivity (Wildman–Crippen MR) is 81.1 cm³/mol. The Bertz CT molecular complexity index is 742. The van der Waals surface area contributed by atoms with Gasteiger partial charge in [0, 0.05) is 17.0 Å². The van der Waals surface area contributed by atoms with Crippen LogP contribution in [0.15, 0.2) is 27.4 Å². The third kappa shape index (κ3) is 3.00. The summed E-state index contributed by atoms with van der Waals surface area (Å²) in [5, 5.41) is 12.7. The molecule has 1 aromatic heterocycles. The molecule has 118 valence electrons. The van der Waals surface area contributed by atoms with Crippen LogP contribution in [0.1, 0.15) is 25.0 Å². The molecule has 1 aromatic carbocycles. The zero-order valence-electron chi connectivity index (χ0n) is 13.1. The van der Waals surface area contributed by atoms with Gasteiger partial charge < -0.3 is 19.2 Å². The molecule has 0 amide bonds. The van der Waals surface area contributed by atoms with Crippen LogP contribution in [0.2, 0.25) is 0 Å². The summed E-state index contributed by atoms with van der Waals surface area (Å²) in [5.74, 6) is -0.0266. The van der Waals surface area contributed by atoms with Crippen molar-refractivity contribution >= 4 is 11.0 Å². The number of benzene rings is 1. The van der Waals surface area contributed by atoms with Gasteiger partial charge in [0.1, 0.15) is 37.4 Å². The minimum absolute atomic E-state index is 0.0266. The van der Waals surface area contributed by atoms with Gasteiger partial charge in [0.15, 0.2) is 0 Å². The van der Waals surface area contributed by atoms with E-state index >= 15 is 0 Å².